The van der Waals surface area contributed by atoms with E-state index in [2.05, 4.69) is 15.0 Å². The number of pyridine rings is 1. The number of carbonyl (C=O) groups is 2. The number of terminal acetylenes is 1. The number of halogens is 1. The number of nitrogen functional groups attached to an aromatic ring is 1. The molecule has 5 rings (SSSR count). The number of aromatic nitrogens is 5. The fourth-order valence-electron chi connectivity index (χ4n) is 5.14. The van der Waals surface area contributed by atoms with Gasteiger partial charge in [0.05, 0.1) is 12.9 Å². The van der Waals surface area contributed by atoms with Gasteiger partial charge in [-0.2, -0.15) is 9.97 Å². The summed E-state index contributed by atoms with van der Waals surface area (Å²) in [5, 5.41) is 42.2. The summed E-state index contributed by atoms with van der Waals surface area (Å²) in [6.45, 7) is -0.839. The topological polar surface area (TPSA) is 234 Å². The largest absolute Gasteiger partial charge is 0.479 e. The first kappa shape index (κ1) is 32.5. The number of aliphatic carboxylic acids is 2. The Balaban J connectivity index is 1.40. The minimum atomic E-state index is -2.88. The molecule has 4 atom stereocenters. The highest BCUT2D eigenvalue weighted by Crippen LogP contribution is 2.39. The molecule has 4 aromatic rings. The second-order valence-corrected chi connectivity index (χ2v) is 10.7. The summed E-state index contributed by atoms with van der Waals surface area (Å²) in [6.07, 6.45) is 2.70. The van der Waals surface area contributed by atoms with Gasteiger partial charge in [0.1, 0.15) is 24.5 Å². The summed E-state index contributed by atoms with van der Waals surface area (Å²) >= 11 is 5.92. The highest BCUT2D eigenvalue weighted by molar-refractivity contribution is 6.28. The zero-order chi connectivity index (χ0) is 33.4. The van der Waals surface area contributed by atoms with Crippen LogP contribution >= 0.6 is 11.6 Å². The molecule has 6 N–H and O–H groups in total. The Hall–Kier alpha value is -4.89. The number of nitrogens with zero attached hydrogens (tertiary/aromatic N) is 5. The quantitative estimate of drug-likeness (QED) is 0.0830. The predicted octanol–water partition coefficient (Wildman–Crippen LogP) is 0.284. The van der Waals surface area contributed by atoms with Gasteiger partial charge in [0.2, 0.25) is 5.28 Å². The van der Waals surface area contributed by atoms with Crippen molar-refractivity contribution in [3.05, 3.63) is 70.1 Å². The number of hydrogen-bond acceptors (Lipinski definition) is 12. The highest BCUT2D eigenvalue weighted by atomic mass is 35.5. The first-order valence-electron chi connectivity index (χ1n) is 13.4. The second kappa shape index (κ2) is 12.5. The van der Waals surface area contributed by atoms with Crippen LogP contribution in [0.15, 0.2) is 53.7 Å². The van der Waals surface area contributed by atoms with Gasteiger partial charge in [-0.25, -0.2) is 14.6 Å². The molecule has 1 aliphatic heterocycles. The average Bonchev–Trinajstić information content (AvgIpc) is 3.55. The minimum absolute atomic E-state index is 0.0319. The lowest BCUT2D eigenvalue weighted by Gasteiger charge is -2.30. The van der Waals surface area contributed by atoms with Crippen LogP contribution in [0.1, 0.15) is 11.8 Å². The molecule has 0 unspecified atom stereocenters. The average molecular weight is 655 g/mol. The lowest BCUT2D eigenvalue weighted by atomic mass is 9.91. The molecule has 0 amide bonds. The lowest BCUT2D eigenvalue weighted by Crippen LogP contribution is -2.55. The van der Waals surface area contributed by atoms with Crippen LogP contribution in [0.3, 0.4) is 0 Å². The monoisotopic (exact) mass is 654 g/mol. The van der Waals surface area contributed by atoms with E-state index in [9.17, 15) is 34.8 Å². The van der Waals surface area contributed by atoms with E-state index in [1.54, 1.807) is 18.3 Å². The normalized spacial score (nSPS) is 21.3. The van der Waals surface area contributed by atoms with Crippen LogP contribution in [-0.2, 0) is 37.0 Å². The van der Waals surface area contributed by atoms with Crippen LogP contribution in [0.25, 0.3) is 22.3 Å². The molecule has 1 saturated heterocycles. The summed E-state index contributed by atoms with van der Waals surface area (Å²) < 4.78 is 18.9. The van der Waals surface area contributed by atoms with Crippen molar-refractivity contribution in [3.63, 3.8) is 0 Å². The maximum absolute atomic E-state index is 12.8. The maximum atomic E-state index is 12.8. The number of nitrogens with two attached hydrogens (primary N) is 1. The number of rotatable bonds is 11. The first-order valence-corrected chi connectivity index (χ1v) is 13.8. The van der Waals surface area contributed by atoms with E-state index >= 15 is 0 Å². The third kappa shape index (κ3) is 5.56. The number of fused-ring (bicyclic) bond motifs is 1. The molecule has 17 heteroatoms. The van der Waals surface area contributed by atoms with Crippen molar-refractivity contribution in [1.29, 1.82) is 0 Å². The SMILES string of the molecule is C#C[C@@]1(O)[C@@H](COC(Cc2ccc(-c3cccn(COC)c3=O)cc2)(C(=O)O)C(=O)O)O[C@@H](n2cnc3c(N)nc(Cl)nc32)[C@@H]1O. The number of imidazole rings is 1. The van der Waals surface area contributed by atoms with E-state index in [0.29, 0.717) is 11.1 Å². The number of carboxylic acid groups (broad SMARTS) is 2. The van der Waals surface area contributed by atoms with Gasteiger partial charge in [0, 0.05) is 25.3 Å². The van der Waals surface area contributed by atoms with Crippen molar-refractivity contribution < 1.29 is 44.2 Å². The smallest absolute Gasteiger partial charge is 0.348 e. The van der Waals surface area contributed by atoms with Crippen LogP contribution in [0, 0.1) is 12.3 Å². The third-order valence-electron chi connectivity index (χ3n) is 7.62. The molecule has 240 valence electrons. The van der Waals surface area contributed by atoms with E-state index in [1.165, 1.54) is 46.8 Å². The van der Waals surface area contributed by atoms with Crippen molar-refractivity contribution in [2.75, 3.05) is 19.5 Å². The predicted molar refractivity (Wildman–Crippen MR) is 159 cm³/mol. The van der Waals surface area contributed by atoms with Crippen LogP contribution in [0.4, 0.5) is 5.82 Å². The zero-order valence-electron chi connectivity index (χ0n) is 24.0. The first-order chi connectivity index (χ1) is 21.9. The fraction of sp³-hybridized carbons (Fsp3) is 0.310. The number of ether oxygens (including phenoxy) is 3. The third-order valence-corrected chi connectivity index (χ3v) is 7.79. The molecule has 0 aliphatic carbocycles. The number of hydrogen-bond donors (Lipinski definition) is 5. The fourth-order valence-corrected chi connectivity index (χ4v) is 5.31. The molecular formula is C29H27ClN6O10. The van der Waals surface area contributed by atoms with Crippen LogP contribution in [0.5, 0.6) is 0 Å². The Labute approximate surface area is 264 Å². The van der Waals surface area contributed by atoms with E-state index in [4.69, 9.17) is 38.0 Å². The van der Waals surface area contributed by atoms with Gasteiger partial charge in [-0.3, -0.25) is 13.9 Å². The van der Waals surface area contributed by atoms with E-state index in [0.717, 1.165) is 0 Å². The summed E-state index contributed by atoms with van der Waals surface area (Å²) in [7, 11) is 1.45. The van der Waals surface area contributed by atoms with Crippen molar-refractivity contribution in [1.82, 2.24) is 24.1 Å². The van der Waals surface area contributed by atoms with E-state index < -0.39 is 54.6 Å². The molecule has 16 nitrogen and oxygen atoms in total. The summed E-state index contributed by atoms with van der Waals surface area (Å²) in [4.78, 5) is 49.6. The molecule has 0 bridgehead atoms. The molecule has 0 spiro atoms. The molecule has 46 heavy (non-hydrogen) atoms. The standard InChI is InChI=1S/C29H27ClN6O10/c1-3-28(43)18(46-24(20(28)37)36-13-32-19-21(31)33-27(30)34-22(19)36)12-45-29(25(39)40,26(41)42)11-15-6-8-16(9-7-15)17-5-4-10-35(14-44-2)23(17)38/h1,4-10,13,18,20,24,37,43H,11-12,14H2,2H3,(H,39,40)(H,41,42)(H2,31,33,34)/t18-,20+,24-,28-/m1/s1. The number of benzene rings is 1. The van der Waals surface area contributed by atoms with Crippen molar-refractivity contribution in [2.45, 2.75) is 42.8 Å². The van der Waals surface area contributed by atoms with Crippen molar-refractivity contribution in [2.24, 2.45) is 0 Å². The summed E-state index contributed by atoms with van der Waals surface area (Å²) in [6, 6.07) is 9.25. The number of carboxylic acids is 2. The Bertz CT molecular complexity index is 1890. The van der Waals surface area contributed by atoms with Gasteiger partial charge in [0.25, 0.3) is 11.2 Å². The molecular weight excluding hydrogens is 628 g/mol. The molecule has 0 saturated carbocycles. The van der Waals surface area contributed by atoms with Gasteiger partial charge >= 0.3 is 11.9 Å². The minimum Gasteiger partial charge on any atom is -0.479 e. The molecule has 3 aromatic heterocycles. The maximum Gasteiger partial charge on any atom is 0.348 e. The Morgan fingerprint density at radius 1 is 1.22 bits per heavy atom. The Morgan fingerprint density at radius 3 is 2.54 bits per heavy atom. The van der Waals surface area contributed by atoms with Gasteiger partial charge < -0.3 is 40.4 Å². The van der Waals surface area contributed by atoms with Gasteiger partial charge in [-0.1, -0.05) is 30.2 Å². The Morgan fingerprint density at radius 2 is 1.91 bits per heavy atom. The van der Waals surface area contributed by atoms with Crippen molar-refractivity contribution >= 4 is 40.5 Å². The van der Waals surface area contributed by atoms with Crippen LogP contribution < -0.4 is 11.3 Å². The summed E-state index contributed by atoms with van der Waals surface area (Å²) in [5.41, 5.74) is 1.38. The number of aliphatic hydroxyl groups excluding tert-OH is 1. The van der Waals surface area contributed by atoms with E-state index in [1.807, 2.05) is 5.92 Å². The summed E-state index contributed by atoms with van der Waals surface area (Å²) in [5.74, 6) is -1.73. The van der Waals surface area contributed by atoms with Gasteiger partial charge in [-0.05, 0) is 34.9 Å². The molecule has 1 aromatic carbocycles. The molecule has 1 aliphatic rings. The van der Waals surface area contributed by atoms with Crippen molar-refractivity contribution in [3.8, 4) is 23.5 Å². The Kier molecular flexibility index (Phi) is 8.82. The molecule has 0 radical (unpaired) electrons. The number of aliphatic hydroxyl groups is 2. The van der Waals surface area contributed by atoms with Crippen LogP contribution in [0.2, 0.25) is 5.28 Å². The molecule has 1 fully saturated rings. The van der Waals surface area contributed by atoms with Gasteiger partial charge in [0.15, 0.2) is 23.3 Å². The van der Waals surface area contributed by atoms with Gasteiger partial charge in [-0.15, -0.1) is 6.42 Å². The van der Waals surface area contributed by atoms with Crippen LogP contribution in [-0.4, -0.2) is 93.6 Å². The number of methoxy groups -OCH3 is 1. The number of anilines is 1. The lowest BCUT2D eigenvalue weighted by molar-refractivity contribution is -0.191. The molecule has 4 heterocycles. The zero-order valence-corrected chi connectivity index (χ0v) is 24.7. The highest BCUT2D eigenvalue weighted by Gasteiger charge is 2.58. The van der Waals surface area contributed by atoms with E-state index in [-0.39, 0.29) is 40.1 Å². The second-order valence-electron chi connectivity index (χ2n) is 10.4.